The Morgan fingerprint density at radius 3 is 2.21 bits per heavy atom. The average molecular weight is 379 g/mol. The molecule has 1 rings (SSSR count). The molecule has 0 radical (unpaired) electrons. The van der Waals surface area contributed by atoms with Gasteiger partial charge in [-0.25, -0.2) is 0 Å². The first-order valence-electron chi connectivity index (χ1n) is 6.61. The summed E-state index contributed by atoms with van der Waals surface area (Å²) in [6, 6.07) is 0. The Morgan fingerprint density at radius 2 is 1.79 bits per heavy atom. The van der Waals surface area contributed by atoms with Gasteiger partial charge in [0.15, 0.2) is 5.96 Å². The van der Waals surface area contributed by atoms with E-state index in [1.54, 1.807) is 0 Å². The van der Waals surface area contributed by atoms with Gasteiger partial charge in [-0.1, -0.05) is 0 Å². The fourth-order valence-electron chi connectivity index (χ4n) is 1.97. The molecule has 0 aliphatic carbocycles. The molecule has 0 saturated carbocycles. The second kappa shape index (κ2) is 9.17. The van der Waals surface area contributed by atoms with Crippen LogP contribution in [0.15, 0.2) is 4.99 Å². The van der Waals surface area contributed by atoms with Gasteiger partial charge in [-0.05, 0) is 39.7 Å². The van der Waals surface area contributed by atoms with Crippen LogP contribution in [-0.4, -0.2) is 35.4 Å². The van der Waals surface area contributed by atoms with Crippen molar-refractivity contribution in [1.82, 2.24) is 20.4 Å². The molecule has 1 aromatic rings. The molecule has 2 N–H and O–H groups in total. The normalized spacial score (nSPS) is 9.74. The lowest BCUT2D eigenvalue weighted by molar-refractivity contribution is 0.729. The molecule has 0 amide bonds. The summed E-state index contributed by atoms with van der Waals surface area (Å²) in [5, 5.41) is 10.9. The molecule has 0 saturated heterocycles. The van der Waals surface area contributed by atoms with Gasteiger partial charge in [-0.15, -0.1) is 24.0 Å². The molecule has 110 valence electrons. The summed E-state index contributed by atoms with van der Waals surface area (Å²) in [5.74, 6) is 0.888. The Labute approximate surface area is 133 Å². The van der Waals surface area contributed by atoms with Crippen molar-refractivity contribution in [2.75, 3.05) is 19.6 Å². The molecule has 5 nitrogen and oxygen atoms in total. The van der Waals surface area contributed by atoms with Crippen LogP contribution in [0.2, 0.25) is 0 Å². The Hall–Kier alpha value is -0.790. The van der Waals surface area contributed by atoms with Crippen LogP contribution in [0, 0.1) is 13.8 Å². The second-order valence-corrected chi connectivity index (χ2v) is 4.31. The predicted octanol–water partition coefficient (Wildman–Crippen LogP) is 1.77. The van der Waals surface area contributed by atoms with Crippen molar-refractivity contribution in [2.45, 2.75) is 34.1 Å². The van der Waals surface area contributed by atoms with Gasteiger partial charge in [-0.3, -0.25) is 9.67 Å². The van der Waals surface area contributed by atoms with E-state index in [1.807, 2.05) is 11.7 Å². The number of aromatic nitrogens is 2. The van der Waals surface area contributed by atoms with Crippen molar-refractivity contribution in [3.05, 3.63) is 17.0 Å². The minimum Gasteiger partial charge on any atom is -0.357 e. The van der Waals surface area contributed by atoms with Crippen LogP contribution >= 0.6 is 24.0 Å². The Bertz CT molecular complexity index is 403. The topological polar surface area (TPSA) is 54.2 Å². The number of hydrogen-bond donors (Lipinski definition) is 2. The molecule has 0 aromatic carbocycles. The molecule has 0 atom stereocenters. The minimum absolute atomic E-state index is 0. The smallest absolute Gasteiger partial charge is 0.191 e. The highest BCUT2D eigenvalue weighted by Gasteiger charge is 2.08. The van der Waals surface area contributed by atoms with E-state index in [4.69, 9.17) is 0 Å². The summed E-state index contributed by atoms with van der Waals surface area (Å²) in [4.78, 5) is 4.55. The molecule has 0 unspecified atom stereocenters. The quantitative estimate of drug-likeness (QED) is 0.466. The van der Waals surface area contributed by atoms with E-state index < -0.39 is 0 Å². The molecule has 6 heteroatoms. The Kier molecular flexibility index (Phi) is 8.79. The van der Waals surface area contributed by atoms with E-state index in [-0.39, 0.29) is 24.0 Å². The maximum atomic E-state index is 4.55. The Morgan fingerprint density at radius 1 is 1.21 bits per heavy atom. The lowest BCUT2D eigenvalue weighted by Crippen LogP contribution is -2.37. The lowest BCUT2D eigenvalue weighted by atomic mass is 10.1. The molecule has 1 heterocycles. The highest BCUT2D eigenvalue weighted by molar-refractivity contribution is 14.0. The van der Waals surface area contributed by atoms with Gasteiger partial charge < -0.3 is 10.6 Å². The molecular formula is C13H26IN5. The molecule has 0 aliphatic heterocycles. The largest absolute Gasteiger partial charge is 0.357 e. The summed E-state index contributed by atoms with van der Waals surface area (Å²) < 4.78 is 1.93. The minimum atomic E-state index is 0. The van der Waals surface area contributed by atoms with Crippen molar-refractivity contribution in [3.63, 3.8) is 0 Å². The highest BCUT2D eigenvalue weighted by atomic mass is 127. The fourth-order valence-corrected chi connectivity index (χ4v) is 1.97. The number of aryl methyl sites for hydroxylation is 2. The van der Waals surface area contributed by atoms with Crippen molar-refractivity contribution in [2.24, 2.45) is 12.0 Å². The zero-order valence-electron chi connectivity index (χ0n) is 12.6. The maximum Gasteiger partial charge on any atom is 0.191 e. The van der Waals surface area contributed by atoms with Crippen LogP contribution in [0.4, 0.5) is 0 Å². The summed E-state index contributed by atoms with van der Waals surface area (Å²) in [5.41, 5.74) is 3.66. The number of halogens is 1. The molecule has 1 aromatic heterocycles. The summed E-state index contributed by atoms with van der Waals surface area (Å²) in [7, 11) is 1.98. The van der Waals surface area contributed by atoms with Crippen molar-refractivity contribution in [3.8, 4) is 0 Å². The number of aliphatic imine (C=N–C) groups is 1. The highest BCUT2D eigenvalue weighted by Crippen LogP contribution is 2.12. The van der Waals surface area contributed by atoms with Crippen LogP contribution < -0.4 is 10.6 Å². The number of rotatable bonds is 5. The average Bonchev–Trinajstić information content (AvgIpc) is 2.56. The van der Waals surface area contributed by atoms with Crippen LogP contribution in [0.25, 0.3) is 0 Å². The number of guanidine groups is 1. The lowest BCUT2D eigenvalue weighted by Gasteiger charge is -2.09. The molecule has 0 aliphatic rings. The summed E-state index contributed by atoms with van der Waals surface area (Å²) in [6.45, 7) is 10.9. The monoisotopic (exact) mass is 379 g/mol. The van der Waals surface area contributed by atoms with Crippen LogP contribution in [0.1, 0.15) is 30.8 Å². The SMILES string of the molecule is CCNC(=NCCc1c(C)nn(C)c1C)NCC.I. The van der Waals surface area contributed by atoms with Crippen molar-refractivity contribution in [1.29, 1.82) is 0 Å². The molecule has 0 fully saturated rings. The van der Waals surface area contributed by atoms with Crippen LogP contribution in [0.3, 0.4) is 0 Å². The van der Waals surface area contributed by atoms with Crippen LogP contribution in [-0.2, 0) is 13.5 Å². The van der Waals surface area contributed by atoms with E-state index in [1.165, 1.54) is 11.3 Å². The fraction of sp³-hybridized carbons (Fsp3) is 0.692. The third-order valence-electron chi connectivity index (χ3n) is 2.98. The van der Waals surface area contributed by atoms with Gasteiger partial charge in [-0.2, -0.15) is 5.10 Å². The van der Waals surface area contributed by atoms with Crippen LogP contribution in [0.5, 0.6) is 0 Å². The number of hydrogen-bond acceptors (Lipinski definition) is 2. The first-order chi connectivity index (χ1) is 8.60. The zero-order chi connectivity index (χ0) is 13.5. The predicted molar refractivity (Wildman–Crippen MR) is 91.5 cm³/mol. The molecular weight excluding hydrogens is 353 g/mol. The third kappa shape index (κ3) is 5.38. The first-order valence-corrected chi connectivity index (χ1v) is 6.61. The number of nitrogens with zero attached hydrogens (tertiary/aromatic N) is 3. The van der Waals surface area contributed by atoms with E-state index >= 15 is 0 Å². The summed E-state index contributed by atoms with van der Waals surface area (Å²) in [6.07, 6.45) is 0.936. The van der Waals surface area contributed by atoms with E-state index in [2.05, 4.69) is 48.4 Å². The van der Waals surface area contributed by atoms with E-state index in [9.17, 15) is 0 Å². The van der Waals surface area contributed by atoms with Gasteiger partial charge in [0.1, 0.15) is 0 Å². The standard InChI is InChI=1S/C13H25N5.HI/c1-6-14-13(15-7-2)16-9-8-12-10(3)17-18(5)11(12)4;/h6-9H2,1-5H3,(H2,14,15,16);1H. The third-order valence-corrected chi connectivity index (χ3v) is 2.98. The van der Waals surface area contributed by atoms with Gasteiger partial charge >= 0.3 is 0 Å². The van der Waals surface area contributed by atoms with Gasteiger partial charge in [0.2, 0.25) is 0 Å². The maximum absolute atomic E-state index is 4.55. The van der Waals surface area contributed by atoms with E-state index in [0.717, 1.165) is 37.7 Å². The zero-order valence-corrected chi connectivity index (χ0v) is 14.9. The van der Waals surface area contributed by atoms with Gasteiger partial charge in [0.05, 0.1) is 5.69 Å². The first kappa shape index (κ1) is 18.2. The van der Waals surface area contributed by atoms with Gasteiger partial charge in [0.25, 0.3) is 0 Å². The van der Waals surface area contributed by atoms with E-state index in [0.29, 0.717) is 0 Å². The van der Waals surface area contributed by atoms with Crippen molar-refractivity contribution < 1.29 is 0 Å². The summed E-state index contributed by atoms with van der Waals surface area (Å²) >= 11 is 0. The van der Waals surface area contributed by atoms with Gasteiger partial charge in [0, 0.05) is 32.4 Å². The van der Waals surface area contributed by atoms with Crippen molar-refractivity contribution >= 4 is 29.9 Å². The molecule has 0 spiro atoms. The molecule has 19 heavy (non-hydrogen) atoms. The number of nitrogens with one attached hydrogen (secondary N) is 2. The Balaban J connectivity index is 0.00000324. The second-order valence-electron chi connectivity index (χ2n) is 4.31. The molecule has 0 bridgehead atoms.